The number of carbonyl (C=O) groups excluding carboxylic acids is 1. The van der Waals surface area contributed by atoms with Gasteiger partial charge < -0.3 is 9.72 Å². The molecule has 4 nitrogen and oxygen atoms in total. The summed E-state index contributed by atoms with van der Waals surface area (Å²) in [6.07, 6.45) is 3.40. The topological polar surface area (TPSA) is 59.2 Å². The second-order valence-corrected chi connectivity index (χ2v) is 8.01. The van der Waals surface area contributed by atoms with Crippen molar-refractivity contribution in [2.45, 2.75) is 40.7 Å². The quantitative estimate of drug-likeness (QED) is 0.926. The molecule has 1 aromatic carbocycles. The van der Waals surface area contributed by atoms with Gasteiger partial charge in [0.15, 0.2) is 5.78 Å². The van der Waals surface area contributed by atoms with Crippen LogP contribution in [0.25, 0.3) is 12.2 Å². The van der Waals surface area contributed by atoms with Gasteiger partial charge in [0.05, 0.1) is 15.3 Å². The third-order valence-corrected chi connectivity index (χ3v) is 4.17. The van der Waals surface area contributed by atoms with Crippen molar-refractivity contribution in [2.24, 2.45) is 5.41 Å². The van der Waals surface area contributed by atoms with Gasteiger partial charge >= 0.3 is 0 Å². The number of carbonyl (C=O) groups is 1. The van der Waals surface area contributed by atoms with E-state index < -0.39 is 5.41 Å². The number of ether oxygens (including phenoxy) is 1. The van der Waals surface area contributed by atoms with E-state index >= 15 is 0 Å². The minimum atomic E-state index is -0.465. The molecular weight excluding hydrogens is 322 g/mol. The van der Waals surface area contributed by atoms with Crippen LogP contribution in [0.2, 0.25) is 0 Å². The maximum Gasteiger partial charge on any atom is 0.266 e. The molecule has 0 aliphatic heterocycles. The lowest BCUT2D eigenvalue weighted by Crippen LogP contribution is -2.22. The van der Waals surface area contributed by atoms with Crippen LogP contribution in [0, 0.1) is 5.41 Å². The number of H-pyrrole nitrogens is 1. The largest absolute Gasteiger partial charge is 0.491 e. The predicted octanol–water partition coefficient (Wildman–Crippen LogP) is 2.45. The van der Waals surface area contributed by atoms with Crippen molar-refractivity contribution < 1.29 is 9.53 Å². The van der Waals surface area contributed by atoms with Gasteiger partial charge in [0.25, 0.3) is 5.56 Å². The van der Waals surface area contributed by atoms with Crippen LogP contribution in [0.4, 0.5) is 0 Å². The van der Waals surface area contributed by atoms with Crippen LogP contribution in [0.5, 0.6) is 5.75 Å². The van der Waals surface area contributed by atoms with E-state index in [1.807, 2.05) is 58.9 Å². The summed E-state index contributed by atoms with van der Waals surface area (Å²) < 4.78 is 6.79. The zero-order chi connectivity index (χ0) is 17.9. The molecule has 1 aromatic heterocycles. The van der Waals surface area contributed by atoms with Gasteiger partial charge in [-0.25, -0.2) is 0 Å². The molecule has 0 radical (unpaired) electrons. The van der Waals surface area contributed by atoms with E-state index in [1.54, 1.807) is 6.08 Å². The summed E-state index contributed by atoms with van der Waals surface area (Å²) in [5.74, 6) is 0.750. The molecule has 0 aliphatic carbocycles. The summed E-state index contributed by atoms with van der Waals surface area (Å²) in [4.78, 5) is 26.9. The standard InChI is InChI=1S/C19H23NO3S/c1-12(2)23-14-8-6-7-13(9-14)10-15-18(22)20-17(24-15)11-16(21)19(3,4)5/h6-12H,1-5H3,(H,20,22). The summed E-state index contributed by atoms with van der Waals surface area (Å²) in [5.41, 5.74) is 0.227. The van der Waals surface area contributed by atoms with Gasteiger partial charge in [0, 0.05) is 11.5 Å². The predicted molar refractivity (Wildman–Crippen MR) is 98.9 cm³/mol. The smallest absolute Gasteiger partial charge is 0.266 e. The second kappa shape index (κ2) is 7.18. The minimum absolute atomic E-state index is 0.0149. The van der Waals surface area contributed by atoms with Gasteiger partial charge in [-0.15, -0.1) is 11.3 Å². The summed E-state index contributed by atoms with van der Waals surface area (Å²) >= 11 is 1.28. The molecule has 0 amide bonds. The molecule has 0 spiro atoms. The van der Waals surface area contributed by atoms with Crippen molar-refractivity contribution in [3.63, 3.8) is 0 Å². The molecule has 0 atom stereocenters. The maximum absolute atomic E-state index is 12.1. The fourth-order valence-electron chi connectivity index (χ4n) is 1.96. The molecule has 128 valence electrons. The summed E-state index contributed by atoms with van der Waals surface area (Å²) in [6.45, 7) is 9.49. The molecule has 5 heteroatoms. The van der Waals surface area contributed by atoms with Crippen molar-refractivity contribution in [3.05, 3.63) is 49.4 Å². The Morgan fingerprint density at radius 3 is 2.62 bits per heavy atom. The minimum Gasteiger partial charge on any atom is -0.491 e. The van der Waals surface area contributed by atoms with Crippen molar-refractivity contribution in [1.29, 1.82) is 0 Å². The number of ketones is 1. The number of benzene rings is 1. The Morgan fingerprint density at radius 2 is 2.00 bits per heavy atom. The lowest BCUT2D eigenvalue weighted by Gasteiger charge is -2.12. The molecule has 0 saturated carbocycles. The highest BCUT2D eigenvalue weighted by molar-refractivity contribution is 7.07. The van der Waals surface area contributed by atoms with Crippen LogP contribution >= 0.6 is 11.3 Å². The van der Waals surface area contributed by atoms with Crippen LogP contribution in [0.1, 0.15) is 40.2 Å². The van der Waals surface area contributed by atoms with Crippen LogP contribution < -0.4 is 19.5 Å². The molecule has 2 aromatic rings. The Kier molecular flexibility index (Phi) is 5.44. The van der Waals surface area contributed by atoms with Gasteiger partial charge in [-0.1, -0.05) is 32.9 Å². The molecule has 0 fully saturated rings. The van der Waals surface area contributed by atoms with E-state index in [9.17, 15) is 9.59 Å². The van der Waals surface area contributed by atoms with Crippen LogP contribution in [0.3, 0.4) is 0 Å². The fourth-order valence-corrected chi connectivity index (χ4v) is 2.85. The average Bonchev–Trinajstić information content (AvgIpc) is 2.77. The molecule has 0 saturated heterocycles. The normalized spacial score (nSPS) is 13.6. The molecule has 0 unspecified atom stereocenters. The van der Waals surface area contributed by atoms with E-state index in [-0.39, 0.29) is 17.4 Å². The van der Waals surface area contributed by atoms with Crippen LogP contribution in [-0.2, 0) is 4.79 Å². The Morgan fingerprint density at radius 1 is 1.29 bits per heavy atom. The fraction of sp³-hybridized carbons (Fsp3) is 0.368. The number of hydrogen-bond acceptors (Lipinski definition) is 4. The SMILES string of the molecule is CC(C)Oc1cccc(C=c2sc(=CC(=O)C(C)(C)C)[nH]c2=O)c1. The van der Waals surface area contributed by atoms with Crippen molar-refractivity contribution in [2.75, 3.05) is 0 Å². The Labute approximate surface area is 145 Å². The first-order valence-corrected chi connectivity index (χ1v) is 8.70. The highest BCUT2D eigenvalue weighted by Crippen LogP contribution is 2.16. The molecule has 0 bridgehead atoms. The van der Waals surface area contributed by atoms with Crippen LogP contribution in [-0.4, -0.2) is 16.9 Å². The number of aromatic amines is 1. The first kappa shape index (κ1) is 18.2. The van der Waals surface area contributed by atoms with Gasteiger partial charge in [-0.2, -0.15) is 0 Å². The number of thiazole rings is 1. The number of rotatable bonds is 4. The van der Waals surface area contributed by atoms with E-state index in [0.717, 1.165) is 11.3 Å². The Hall–Kier alpha value is -2.14. The third-order valence-electron chi connectivity index (χ3n) is 3.21. The maximum atomic E-state index is 12.1. The number of Topliss-reactive ketones (excluding diaryl/α,β-unsaturated/α-hetero) is 1. The zero-order valence-electron chi connectivity index (χ0n) is 14.7. The van der Waals surface area contributed by atoms with E-state index in [0.29, 0.717) is 9.20 Å². The Balaban J connectivity index is 2.40. The second-order valence-electron chi connectivity index (χ2n) is 6.93. The lowest BCUT2D eigenvalue weighted by atomic mass is 9.91. The highest BCUT2D eigenvalue weighted by atomic mass is 32.1. The van der Waals surface area contributed by atoms with Crippen molar-refractivity contribution >= 4 is 29.3 Å². The first-order valence-electron chi connectivity index (χ1n) is 7.89. The summed E-state index contributed by atoms with van der Waals surface area (Å²) in [7, 11) is 0. The van der Waals surface area contributed by atoms with Gasteiger partial charge in [-0.05, 0) is 37.6 Å². The number of hydrogen-bond donors (Lipinski definition) is 1. The van der Waals surface area contributed by atoms with Crippen molar-refractivity contribution in [3.8, 4) is 5.75 Å². The van der Waals surface area contributed by atoms with Crippen LogP contribution in [0.15, 0.2) is 29.1 Å². The summed E-state index contributed by atoms with van der Waals surface area (Å²) in [6, 6.07) is 7.58. The van der Waals surface area contributed by atoms with Crippen molar-refractivity contribution in [1.82, 2.24) is 4.98 Å². The van der Waals surface area contributed by atoms with E-state index in [1.165, 1.54) is 17.4 Å². The molecule has 24 heavy (non-hydrogen) atoms. The molecule has 2 rings (SSSR count). The van der Waals surface area contributed by atoms with E-state index in [4.69, 9.17) is 4.74 Å². The van der Waals surface area contributed by atoms with E-state index in [2.05, 4.69) is 4.98 Å². The monoisotopic (exact) mass is 345 g/mol. The van der Waals surface area contributed by atoms with Gasteiger partial charge in [-0.3, -0.25) is 9.59 Å². The number of nitrogens with one attached hydrogen (secondary N) is 1. The molecular formula is C19H23NO3S. The lowest BCUT2D eigenvalue weighted by molar-refractivity contribution is -0.119. The third kappa shape index (κ3) is 4.93. The average molecular weight is 345 g/mol. The first-order chi connectivity index (χ1) is 11.1. The van der Waals surface area contributed by atoms with Gasteiger partial charge in [0.2, 0.25) is 0 Å². The molecule has 1 heterocycles. The Bertz CT molecular complexity index is 898. The zero-order valence-corrected chi connectivity index (χ0v) is 15.5. The number of aromatic nitrogens is 1. The molecule has 1 N–H and O–H groups in total. The highest BCUT2D eigenvalue weighted by Gasteiger charge is 2.18. The van der Waals surface area contributed by atoms with Gasteiger partial charge in [0.1, 0.15) is 5.75 Å². The molecule has 0 aliphatic rings. The summed E-state index contributed by atoms with van der Waals surface area (Å²) in [5, 5.41) is 0.